The van der Waals surface area contributed by atoms with Gasteiger partial charge in [-0.15, -0.1) is 0 Å². The smallest absolute Gasteiger partial charge is 0.227 e. The van der Waals surface area contributed by atoms with Gasteiger partial charge >= 0.3 is 0 Å². The van der Waals surface area contributed by atoms with Crippen molar-refractivity contribution in [2.45, 2.75) is 13.3 Å². The predicted molar refractivity (Wildman–Crippen MR) is 80.1 cm³/mol. The van der Waals surface area contributed by atoms with Crippen LogP contribution in [-0.4, -0.2) is 23.3 Å². The van der Waals surface area contributed by atoms with E-state index in [0.29, 0.717) is 28.8 Å². The topological polar surface area (TPSA) is 37.4 Å². The fraction of sp³-hybridized carbons (Fsp3) is 0.385. The highest BCUT2D eigenvalue weighted by atomic mass is 35.5. The molecule has 0 aliphatic carbocycles. The van der Waals surface area contributed by atoms with Gasteiger partial charge in [-0.3, -0.25) is 9.59 Å². The van der Waals surface area contributed by atoms with Crippen LogP contribution in [0, 0.1) is 5.92 Å². The van der Waals surface area contributed by atoms with Crippen molar-refractivity contribution in [3.05, 3.63) is 28.2 Å². The second-order valence-electron chi connectivity index (χ2n) is 4.50. The van der Waals surface area contributed by atoms with Gasteiger partial charge in [0.1, 0.15) is 0 Å². The Morgan fingerprint density at radius 1 is 1.37 bits per heavy atom. The van der Waals surface area contributed by atoms with Crippen LogP contribution < -0.4 is 4.90 Å². The van der Waals surface area contributed by atoms with Gasteiger partial charge in [-0.1, -0.05) is 35.0 Å². The van der Waals surface area contributed by atoms with Gasteiger partial charge in [-0.05, 0) is 24.1 Å². The molecule has 1 atom stereocenters. The molecule has 1 saturated heterocycles. The van der Waals surface area contributed by atoms with Gasteiger partial charge in [0.15, 0.2) is 5.12 Å². The summed E-state index contributed by atoms with van der Waals surface area (Å²) in [7, 11) is 0. The fourth-order valence-electron chi connectivity index (χ4n) is 2.07. The zero-order valence-electron chi connectivity index (χ0n) is 10.4. The molecule has 1 amide bonds. The minimum atomic E-state index is 0.0486. The summed E-state index contributed by atoms with van der Waals surface area (Å²) in [5, 5.41) is 1.10. The largest absolute Gasteiger partial charge is 0.312 e. The molecule has 1 aromatic rings. The van der Waals surface area contributed by atoms with Crippen molar-refractivity contribution in [2.75, 3.05) is 17.2 Å². The number of carbonyl (C=O) groups is 2. The summed E-state index contributed by atoms with van der Waals surface area (Å²) >= 11 is 13.2. The average Bonchev–Trinajstić information content (AvgIpc) is 2.66. The van der Waals surface area contributed by atoms with Crippen LogP contribution in [0.2, 0.25) is 10.0 Å². The molecule has 0 radical (unpaired) electrons. The number of carbonyl (C=O) groups excluding carboxylic acids is 2. The molecule has 1 fully saturated rings. The van der Waals surface area contributed by atoms with Crippen molar-refractivity contribution >= 4 is 51.7 Å². The molecule has 3 nitrogen and oxygen atoms in total. The summed E-state index contributed by atoms with van der Waals surface area (Å²) in [6.45, 7) is 2.14. The van der Waals surface area contributed by atoms with Gasteiger partial charge < -0.3 is 4.90 Å². The van der Waals surface area contributed by atoms with Crippen molar-refractivity contribution in [1.82, 2.24) is 0 Å². The first-order valence-corrected chi connectivity index (χ1v) is 7.59. The second-order valence-corrected chi connectivity index (χ2v) is 6.57. The lowest BCUT2D eigenvalue weighted by Crippen LogP contribution is -2.24. The molecule has 0 saturated carbocycles. The number of amides is 1. The molecule has 0 N–H and O–H groups in total. The molecule has 0 aromatic heterocycles. The number of hydrogen-bond acceptors (Lipinski definition) is 3. The zero-order chi connectivity index (χ0) is 14.0. The lowest BCUT2D eigenvalue weighted by Gasteiger charge is -2.17. The van der Waals surface area contributed by atoms with Crippen LogP contribution in [0.25, 0.3) is 0 Å². The highest BCUT2D eigenvalue weighted by Gasteiger charge is 2.31. The molecule has 102 valence electrons. The first kappa shape index (κ1) is 14.7. The molecule has 1 unspecified atom stereocenters. The van der Waals surface area contributed by atoms with Gasteiger partial charge in [-0.2, -0.15) is 0 Å². The second kappa shape index (κ2) is 6.16. The summed E-state index contributed by atoms with van der Waals surface area (Å²) in [6, 6.07) is 5.09. The van der Waals surface area contributed by atoms with E-state index >= 15 is 0 Å². The van der Waals surface area contributed by atoms with Crippen molar-refractivity contribution in [2.24, 2.45) is 5.92 Å². The van der Waals surface area contributed by atoms with E-state index in [1.54, 1.807) is 23.1 Å². The van der Waals surface area contributed by atoms with Gasteiger partial charge in [0.2, 0.25) is 5.91 Å². The highest BCUT2D eigenvalue weighted by Crippen LogP contribution is 2.31. The van der Waals surface area contributed by atoms with E-state index in [4.69, 9.17) is 23.2 Å². The van der Waals surface area contributed by atoms with Crippen LogP contribution in [-0.2, 0) is 9.59 Å². The number of benzene rings is 1. The Morgan fingerprint density at radius 3 is 2.58 bits per heavy atom. The molecular weight excluding hydrogens is 305 g/mol. The third kappa shape index (κ3) is 3.88. The van der Waals surface area contributed by atoms with Crippen LogP contribution in [0.1, 0.15) is 13.3 Å². The van der Waals surface area contributed by atoms with Crippen LogP contribution in [0.4, 0.5) is 5.69 Å². The van der Waals surface area contributed by atoms with E-state index in [0.717, 1.165) is 5.69 Å². The molecule has 0 spiro atoms. The highest BCUT2D eigenvalue weighted by molar-refractivity contribution is 8.13. The van der Waals surface area contributed by atoms with E-state index in [1.807, 2.05) is 0 Å². The standard InChI is InChI=1S/C13H13Cl2NO2S/c1-8(17)19-7-9-2-13(18)16(6-9)12-4-10(14)3-11(15)5-12/h3-5,9H,2,6-7H2,1H3. The van der Waals surface area contributed by atoms with Crippen LogP contribution in [0.15, 0.2) is 18.2 Å². The maximum atomic E-state index is 12.0. The molecule has 0 bridgehead atoms. The molecule has 6 heteroatoms. The summed E-state index contributed by atoms with van der Waals surface area (Å²) < 4.78 is 0. The Bertz CT molecular complexity index is 501. The van der Waals surface area contributed by atoms with Crippen molar-refractivity contribution in [3.8, 4) is 0 Å². The molecule has 1 aliphatic heterocycles. The van der Waals surface area contributed by atoms with Crippen molar-refractivity contribution in [3.63, 3.8) is 0 Å². The summed E-state index contributed by atoms with van der Waals surface area (Å²) in [6.07, 6.45) is 0.463. The minimum Gasteiger partial charge on any atom is -0.312 e. The Kier molecular flexibility index (Phi) is 4.76. The molecule has 2 rings (SSSR count). The zero-order valence-corrected chi connectivity index (χ0v) is 12.7. The van der Waals surface area contributed by atoms with Crippen LogP contribution >= 0.6 is 35.0 Å². The van der Waals surface area contributed by atoms with Gasteiger partial charge in [0.05, 0.1) is 0 Å². The molecule has 1 aliphatic rings. The van der Waals surface area contributed by atoms with E-state index < -0.39 is 0 Å². The van der Waals surface area contributed by atoms with Crippen molar-refractivity contribution < 1.29 is 9.59 Å². The number of rotatable bonds is 3. The Hall–Kier alpha value is -0.710. The van der Waals surface area contributed by atoms with Gasteiger partial charge in [0, 0.05) is 41.4 Å². The third-order valence-corrected chi connectivity index (χ3v) is 4.37. The third-order valence-electron chi connectivity index (χ3n) is 2.89. The predicted octanol–water partition coefficient (Wildman–Crippen LogP) is 3.63. The fourth-order valence-corrected chi connectivity index (χ4v) is 3.28. The normalized spacial score (nSPS) is 19.0. The number of halogens is 2. The Balaban J connectivity index is 2.09. The summed E-state index contributed by atoms with van der Waals surface area (Å²) in [5.74, 6) is 0.915. The molecule has 1 aromatic carbocycles. The number of thioether (sulfide) groups is 1. The molecule has 1 heterocycles. The van der Waals surface area contributed by atoms with Crippen LogP contribution in [0.5, 0.6) is 0 Å². The average molecular weight is 318 g/mol. The first-order valence-electron chi connectivity index (χ1n) is 5.85. The van der Waals surface area contributed by atoms with Gasteiger partial charge in [-0.25, -0.2) is 0 Å². The lowest BCUT2D eigenvalue weighted by molar-refractivity contribution is -0.117. The van der Waals surface area contributed by atoms with E-state index in [-0.39, 0.29) is 16.9 Å². The molecular formula is C13H13Cl2NO2S. The molecule has 19 heavy (non-hydrogen) atoms. The monoisotopic (exact) mass is 317 g/mol. The van der Waals surface area contributed by atoms with E-state index in [2.05, 4.69) is 0 Å². The lowest BCUT2D eigenvalue weighted by atomic mass is 10.1. The van der Waals surface area contributed by atoms with E-state index in [9.17, 15) is 9.59 Å². The first-order chi connectivity index (χ1) is 8.95. The number of nitrogens with zero attached hydrogens (tertiary/aromatic N) is 1. The number of anilines is 1. The Morgan fingerprint density at radius 2 is 2.00 bits per heavy atom. The minimum absolute atomic E-state index is 0.0486. The van der Waals surface area contributed by atoms with Crippen LogP contribution in [0.3, 0.4) is 0 Å². The summed E-state index contributed by atoms with van der Waals surface area (Å²) in [4.78, 5) is 24.6. The van der Waals surface area contributed by atoms with Crippen molar-refractivity contribution in [1.29, 1.82) is 0 Å². The number of hydrogen-bond donors (Lipinski definition) is 0. The maximum absolute atomic E-state index is 12.0. The SMILES string of the molecule is CC(=O)SCC1CC(=O)N(c2cc(Cl)cc(Cl)c2)C1. The maximum Gasteiger partial charge on any atom is 0.227 e. The van der Waals surface area contributed by atoms with E-state index in [1.165, 1.54) is 18.7 Å². The Labute approximate surface area is 126 Å². The summed E-state index contributed by atoms with van der Waals surface area (Å²) in [5.41, 5.74) is 0.720. The van der Waals surface area contributed by atoms with Gasteiger partial charge in [0.25, 0.3) is 0 Å². The quantitative estimate of drug-likeness (QED) is 0.854.